The van der Waals surface area contributed by atoms with Gasteiger partial charge in [0.2, 0.25) is 5.89 Å². The van der Waals surface area contributed by atoms with E-state index in [0.717, 1.165) is 25.5 Å². The summed E-state index contributed by atoms with van der Waals surface area (Å²) in [6.07, 6.45) is 6.24. The van der Waals surface area contributed by atoms with Crippen LogP contribution in [0.15, 0.2) is 4.52 Å². The van der Waals surface area contributed by atoms with Gasteiger partial charge in [0.25, 0.3) is 0 Å². The first-order valence-electron chi connectivity index (χ1n) is 6.55. The molecule has 1 aromatic rings. The number of ether oxygens (including phenoxy) is 1. The summed E-state index contributed by atoms with van der Waals surface area (Å²) in [5.74, 6) is 1.85. The van der Waals surface area contributed by atoms with Crippen LogP contribution in [0.5, 0.6) is 0 Å². The number of rotatable bonds is 4. The van der Waals surface area contributed by atoms with Gasteiger partial charge in [0.05, 0.1) is 13.2 Å². The molecule has 1 saturated heterocycles. The van der Waals surface area contributed by atoms with Crippen molar-refractivity contribution in [2.24, 2.45) is 0 Å². The highest BCUT2D eigenvalue weighted by Gasteiger charge is 2.23. The Balaban J connectivity index is 1.52. The average molecular weight is 237 g/mol. The summed E-state index contributed by atoms with van der Waals surface area (Å²) in [5, 5.41) is 7.51. The van der Waals surface area contributed by atoms with Gasteiger partial charge in [-0.15, -0.1) is 0 Å². The zero-order chi connectivity index (χ0) is 11.5. The monoisotopic (exact) mass is 237 g/mol. The van der Waals surface area contributed by atoms with E-state index < -0.39 is 0 Å². The molecule has 1 aromatic heterocycles. The molecule has 1 N–H and O–H groups in total. The molecule has 2 fully saturated rings. The number of hydrogen-bond acceptors (Lipinski definition) is 5. The molecule has 1 unspecified atom stereocenters. The maximum absolute atomic E-state index is 5.32. The van der Waals surface area contributed by atoms with Crippen molar-refractivity contribution in [2.45, 2.75) is 50.6 Å². The third kappa shape index (κ3) is 2.66. The molecule has 0 spiro atoms. The molecule has 3 rings (SSSR count). The summed E-state index contributed by atoms with van der Waals surface area (Å²) >= 11 is 0. The summed E-state index contributed by atoms with van der Waals surface area (Å²) in [6, 6.07) is 0.639. The molecule has 2 aliphatic rings. The van der Waals surface area contributed by atoms with Crippen molar-refractivity contribution in [1.82, 2.24) is 15.5 Å². The second-order valence-electron chi connectivity index (χ2n) is 4.97. The van der Waals surface area contributed by atoms with Crippen LogP contribution in [-0.2, 0) is 11.3 Å². The van der Waals surface area contributed by atoms with Crippen molar-refractivity contribution in [3.63, 3.8) is 0 Å². The van der Waals surface area contributed by atoms with Crippen LogP contribution in [-0.4, -0.2) is 29.4 Å². The second-order valence-corrected chi connectivity index (χ2v) is 4.97. The lowest BCUT2D eigenvalue weighted by Gasteiger charge is -2.08. The molecule has 17 heavy (non-hydrogen) atoms. The standard InChI is InChI=1S/C12H19N3O2/c1-2-4-10(3-1)13-7-11-14-12(15-17-11)9-5-6-16-8-9/h9-10,13H,1-8H2. The van der Waals surface area contributed by atoms with Gasteiger partial charge in [-0.1, -0.05) is 18.0 Å². The summed E-state index contributed by atoms with van der Waals surface area (Å²) < 4.78 is 10.6. The molecule has 0 bridgehead atoms. The second kappa shape index (κ2) is 5.14. The van der Waals surface area contributed by atoms with Crippen LogP contribution in [0, 0.1) is 0 Å². The minimum Gasteiger partial charge on any atom is -0.381 e. The predicted molar refractivity (Wildman–Crippen MR) is 61.6 cm³/mol. The van der Waals surface area contributed by atoms with Crippen LogP contribution in [0.1, 0.15) is 49.7 Å². The lowest BCUT2D eigenvalue weighted by molar-refractivity contribution is 0.192. The van der Waals surface area contributed by atoms with Gasteiger partial charge in [0.1, 0.15) is 0 Å². The molecular formula is C12H19N3O2. The fourth-order valence-corrected chi connectivity index (χ4v) is 2.61. The normalized spacial score (nSPS) is 25.8. The highest BCUT2D eigenvalue weighted by atomic mass is 16.5. The molecule has 5 heteroatoms. The summed E-state index contributed by atoms with van der Waals surface area (Å²) in [4.78, 5) is 4.43. The molecule has 1 saturated carbocycles. The molecule has 0 aromatic carbocycles. The fourth-order valence-electron chi connectivity index (χ4n) is 2.61. The van der Waals surface area contributed by atoms with E-state index >= 15 is 0 Å². The van der Waals surface area contributed by atoms with Crippen molar-refractivity contribution in [2.75, 3.05) is 13.2 Å². The van der Waals surface area contributed by atoms with Gasteiger partial charge in [-0.25, -0.2) is 0 Å². The zero-order valence-corrected chi connectivity index (χ0v) is 10.0. The molecule has 2 heterocycles. The topological polar surface area (TPSA) is 60.2 Å². The number of aromatic nitrogens is 2. The first-order valence-corrected chi connectivity index (χ1v) is 6.55. The Morgan fingerprint density at radius 3 is 2.88 bits per heavy atom. The maximum atomic E-state index is 5.32. The van der Waals surface area contributed by atoms with E-state index in [9.17, 15) is 0 Å². The Labute approximate surface area is 101 Å². The third-order valence-corrected chi connectivity index (χ3v) is 3.68. The molecule has 1 aliphatic carbocycles. The number of nitrogens with one attached hydrogen (secondary N) is 1. The third-order valence-electron chi connectivity index (χ3n) is 3.68. The van der Waals surface area contributed by atoms with Crippen LogP contribution in [0.4, 0.5) is 0 Å². The lowest BCUT2D eigenvalue weighted by atomic mass is 10.1. The number of nitrogens with zero attached hydrogens (tertiary/aromatic N) is 2. The maximum Gasteiger partial charge on any atom is 0.240 e. The predicted octanol–water partition coefficient (Wildman–Crippen LogP) is 1.61. The highest BCUT2D eigenvalue weighted by molar-refractivity contribution is 4.97. The van der Waals surface area contributed by atoms with E-state index in [2.05, 4.69) is 15.5 Å². The van der Waals surface area contributed by atoms with Crippen LogP contribution in [0.2, 0.25) is 0 Å². The quantitative estimate of drug-likeness (QED) is 0.862. The molecule has 0 amide bonds. The summed E-state index contributed by atoms with van der Waals surface area (Å²) in [5.41, 5.74) is 0. The Bertz CT molecular complexity index is 354. The van der Waals surface area contributed by atoms with Gasteiger partial charge in [-0.3, -0.25) is 0 Å². The molecular weight excluding hydrogens is 218 g/mol. The van der Waals surface area contributed by atoms with Gasteiger partial charge in [0, 0.05) is 18.6 Å². The van der Waals surface area contributed by atoms with E-state index in [0.29, 0.717) is 24.4 Å². The Morgan fingerprint density at radius 1 is 1.24 bits per heavy atom. The molecule has 5 nitrogen and oxygen atoms in total. The lowest BCUT2D eigenvalue weighted by Crippen LogP contribution is -2.25. The average Bonchev–Trinajstić information content (AvgIpc) is 3.09. The van der Waals surface area contributed by atoms with Gasteiger partial charge < -0.3 is 14.6 Å². The Hall–Kier alpha value is -0.940. The SMILES string of the molecule is C1CCC(NCc2nc(C3CCOC3)no2)C1. The van der Waals surface area contributed by atoms with Crippen LogP contribution in [0.3, 0.4) is 0 Å². The van der Waals surface area contributed by atoms with Crippen molar-refractivity contribution >= 4 is 0 Å². The van der Waals surface area contributed by atoms with Crippen molar-refractivity contribution in [1.29, 1.82) is 0 Å². The van der Waals surface area contributed by atoms with Crippen molar-refractivity contribution in [3.05, 3.63) is 11.7 Å². The summed E-state index contributed by atoms with van der Waals surface area (Å²) in [6.45, 7) is 2.25. The van der Waals surface area contributed by atoms with E-state index in [-0.39, 0.29) is 0 Å². The van der Waals surface area contributed by atoms with Gasteiger partial charge >= 0.3 is 0 Å². The van der Waals surface area contributed by atoms with E-state index in [1.807, 2.05) is 0 Å². The van der Waals surface area contributed by atoms with Gasteiger partial charge in [0.15, 0.2) is 5.82 Å². The van der Waals surface area contributed by atoms with Crippen LogP contribution in [0.25, 0.3) is 0 Å². The molecule has 94 valence electrons. The Morgan fingerprint density at radius 2 is 2.12 bits per heavy atom. The zero-order valence-electron chi connectivity index (χ0n) is 10.0. The van der Waals surface area contributed by atoms with E-state index in [1.165, 1.54) is 25.7 Å². The first kappa shape index (κ1) is 11.2. The number of hydrogen-bond donors (Lipinski definition) is 1. The smallest absolute Gasteiger partial charge is 0.240 e. The Kier molecular flexibility index (Phi) is 3.38. The highest BCUT2D eigenvalue weighted by Crippen LogP contribution is 2.22. The van der Waals surface area contributed by atoms with E-state index in [4.69, 9.17) is 9.26 Å². The minimum absolute atomic E-state index is 0.332. The molecule has 0 radical (unpaired) electrons. The minimum atomic E-state index is 0.332. The fraction of sp³-hybridized carbons (Fsp3) is 0.833. The molecule has 1 atom stereocenters. The largest absolute Gasteiger partial charge is 0.381 e. The van der Waals surface area contributed by atoms with Crippen molar-refractivity contribution < 1.29 is 9.26 Å². The molecule has 1 aliphatic heterocycles. The summed E-state index contributed by atoms with van der Waals surface area (Å²) in [7, 11) is 0. The van der Waals surface area contributed by atoms with E-state index in [1.54, 1.807) is 0 Å². The first-order chi connectivity index (χ1) is 8.42. The van der Waals surface area contributed by atoms with Gasteiger partial charge in [-0.2, -0.15) is 4.98 Å². The van der Waals surface area contributed by atoms with Crippen LogP contribution >= 0.6 is 0 Å². The van der Waals surface area contributed by atoms with Gasteiger partial charge in [-0.05, 0) is 19.3 Å². The van der Waals surface area contributed by atoms with Crippen LogP contribution < -0.4 is 5.32 Å². The van der Waals surface area contributed by atoms with Crippen molar-refractivity contribution in [3.8, 4) is 0 Å².